The molecule has 0 aliphatic carbocycles. The lowest BCUT2D eigenvalue weighted by atomic mass is 10.0. The summed E-state index contributed by atoms with van der Waals surface area (Å²) in [6.45, 7) is 0.214. The second-order valence-electron chi connectivity index (χ2n) is 7.15. The van der Waals surface area contributed by atoms with Gasteiger partial charge in [-0.1, -0.05) is 0 Å². The third kappa shape index (κ3) is 4.03. The van der Waals surface area contributed by atoms with E-state index >= 15 is 0 Å². The van der Waals surface area contributed by atoms with Crippen LogP contribution in [-0.4, -0.2) is 47.3 Å². The number of carbonyl (C=O) groups is 2. The summed E-state index contributed by atoms with van der Waals surface area (Å²) in [5, 5.41) is 5.13. The predicted molar refractivity (Wildman–Crippen MR) is 100 cm³/mol. The molecule has 2 aliphatic heterocycles. The van der Waals surface area contributed by atoms with Gasteiger partial charge >= 0.3 is 6.03 Å². The molecule has 7 nitrogen and oxygen atoms in total. The highest BCUT2D eigenvalue weighted by Crippen LogP contribution is 2.32. The number of hydrogen-bond donors (Lipinski definition) is 1. The third-order valence-electron chi connectivity index (χ3n) is 4.98. The minimum absolute atomic E-state index is 0.107. The maximum atomic E-state index is 13.8. The van der Waals surface area contributed by atoms with Crippen LogP contribution in [0.3, 0.4) is 0 Å². The normalized spacial score (nSPS) is 18.3. The highest BCUT2D eigenvalue weighted by atomic mass is 19.1. The molecule has 2 aromatic carbocycles. The van der Waals surface area contributed by atoms with E-state index in [2.05, 4.69) is 5.10 Å². The maximum Gasteiger partial charge on any atom is 0.341 e. The van der Waals surface area contributed by atoms with Gasteiger partial charge in [0.15, 0.2) is 0 Å². The minimum Gasteiger partial charge on any atom is -0.487 e. The van der Waals surface area contributed by atoms with Gasteiger partial charge in [0.2, 0.25) is 0 Å². The Hall–Kier alpha value is -3.63. The number of halogens is 4. The molecule has 0 spiro atoms. The van der Waals surface area contributed by atoms with Gasteiger partial charge in [-0.3, -0.25) is 4.79 Å². The molecule has 31 heavy (non-hydrogen) atoms. The summed E-state index contributed by atoms with van der Waals surface area (Å²) >= 11 is 0. The number of amides is 3. The van der Waals surface area contributed by atoms with E-state index in [1.165, 1.54) is 11.1 Å². The molecule has 4 rings (SSSR count). The maximum absolute atomic E-state index is 13.8. The molecule has 0 aromatic heterocycles. The summed E-state index contributed by atoms with van der Waals surface area (Å²) in [4.78, 5) is 25.2. The summed E-state index contributed by atoms with van der Waals surface area (Å²) in [6.07, 6.45) is 1.23. The van der Waals surface area contributed by atoms with Crippen LogP contribution < -0.4 is 10.5 Å². The number of ether oxygens (including phenoxy) is 1. The zero-order valence-electron chi connectivity index (χ0n) is 15.9. The Bertz CT molecular complexity index is 1040. The highest BCUT2D eigenvalue weighted by Gasteiger charge is 2.39. The first-order valence-electron chi connectivity index (χ1n) is 9.25. The van der Waals surface area contributed by atoms with Crippen molar-refractivity contribution in [3.8, 4) is 5.75 Å². The van der Waals surface area contributed by atoms with E-state index < -0.39 is 52.9 Å². The molecule has 2 aliphatic rings. The average molecular weight is 436 g/mol. The zero-order chi connectivity index (χ0) is 22.3. The van der Waals surface area contributed by atoms with Gasteiger partial charge in [-0.05, 0) is 17.7 Å². The van der Waals surface area contributed by atoms with Crippen LogP contribution in [0.2, 0.25) is 0 Å². The van der Waals surface area contributed by atoms with Crippen LogP contribution >= 0.6 is 0 Å². The molecule has 1 fully saturated rings. The molecule has 1 saturated heterocycles. The van der Waals surface area contributed by atoms with Crippen LogP contribution in [0.1, 0.15) is 28.4 Å². The fraction of sp³-hybridized carbons (Fsp3) is 0.250. The molecule has 2 N–H and O–H groups in total. The van der Waals surface area contributed by atoms with Crippen molar-refractivity contribution in [2.24, 2.45) is 10.8 Å². The lowest BCUT2D eigenvalue weighted by Crippen LogP contribution is -2.58. The number of nitrogens with two attached hydrogens (primary N) is 1. The van der Waals surface area contributed by atoms with Gasteiger partial charge in [-0.25, -0.2) is 27.4 Å². The first-order valence-corrected chi connectivity index (χ1v) is 9.25. The molecule has 2 heterocycles. The minimum atomic E-state index is -1.24. The second-order valence-corrected chi connectivity index (χ2v) is 7.15. The van der Waals surface area contributed by atoms with Crippen LogP contribution in [0.25, 0.3) is 0 Å². The number of hydrazone groups is 1. The first kappa shape index (κ1) is 20.6. The van der Waals surface area contributed by atoms with Crippen LogP contribution in [0, 0.1) is 23.3 Å². The zero-order valence-corrected chi connectivity index (χ0v) is 15.9. The smallest absolute Gasteiger partial charge is 0.341 e. The van der Waals surface area contributed by atoms with Crippen molar-refractivity contribution in [3.05, 3.63) is 64.7 Å². The molecule has 162 valence electrons. The Morgan fingerprint density at radius 3 is 2.19 bits per heavy atom. The summed E-state index contributed by atoms with van der Waals surface area (Å²) in [5.74, 6) is -5.19. The Morgan fingerprint density at radius 2 is 1.61 bits per heavy atom. The summed E-state index contributed by atoms with van der Waals surface area (Å²) in [6, 6.07) is 3.56. The molecule has 0 bridgehead atoms. The molecular formula is C20H16F4N4O3. The molecule has 2 aromatic rings. The molecule has 3 amide bonds. The van der Waals surface area contributed by atoms with E-state index in [9.17, 15) is 27.2 Å². The molecule has 1 atom stereocenters. The third-order valence-corrected chi connectivity index (χ3v) is 4.98. The van der Waals surface area contributed by atoms with E-state index in [1.807, 2.05) is 0 Å². The molecule has 0 saturated carbocycles. The number of nitrogens with zero attached hydrogens (tertiary/aromatic N) is 3. The number of rotatable bonds is 4. The Morgan fingerprint density at radius 1 is 1.00 bits per heavy atom. The summed E-state index contributed by atoms with van der Waals surface area (Å²) < 4.78 is 60.2. The predicted octanol–water partition coefficient (Wildman–Crippen LogP) is 2.96. The van der Waals surface area contributed by atoms with Crippen LogP contribution in [-0.2, 0) is 0 Å². The van der Waals surface area contributed by atoms with Crippen molar-refractivity contribution in [1.29, 1.82) is 0 Å². The van der Waals surface area contributed by atoms with Crippen LogP contribution in [0.4, 0.5) is 22.4 Å². The van der Waals surface area contributed by atoms with Crippen LogP contribution in [0.5, 0.6) is 5.75 Å². The summed E-state index contributed by atoms with van der Waals surface area (Å²) in [5.41, 5.74) is 4.34. The number of benzene rings is 2. The standard InChI is InChI=1S/C20H16F4N4O3/c21-11-3-10(4-12(22)5-11)17-1-2-26-28(17)20(30)27-8-14(9-27)31-13-6-15(23)18(19(25)29)16(24)7-13/h2-7,14,17H,1,8-9H2,(H2,25,29). The van der Waals surface area contributed by atoms with Gasteiger partial charge < -0.3 is 15.4 Å². The molecule has 1 unspecified atom stereocenters. The monoisotopic (exact) mass is 436 g/mol. The van der Waals surface area contributed by atoms with Gasteiger partial charge in [0.05, 0.1) is 19.1 Å². The fourth-order valence-electron chi connectivity index (χ4n) is 3.50. The van der Waals surface area contributed by atoms with E-state index in [0.29, 0.717) is 6.42 Å². The van der Waals surface area contributed by atoms with Gasteiger partial charge in [-0.2, -0.15) is 5.10 Å². The summed E-state index contributed by atoms with van der Waals surface area (Å²) in [7, 11) is 0. The van der Waals surface area contributed by atoms with Gasteiger partial charge in [0.1, 0.15) is 40.7 Å². The topological polar surface area (TPSA) is 88.2 Å². The van der Waals surface area contributed by atoms with Gasteiger partial charge in [0, 0.05) is 30.8 Å². The van der Waals surface area contributed by atoms with Crippen molar-refractivity contribution in [2.75, 3.05) is 13.1 Å². The first-order chi connectivity index (χ1) is 14.7. The SMILES string of the molecule is NC(=O)c1c(F)cc(OC2CN(C(=O)N3N=CCC3c3cc(F)cc(F)c3)C2)cc1F. The fourth-order valence-corrected chi connectivity index (χ4v) is 3.50. The van der Waals surface area contributed by atoms with Crippen molar-refractivity contribution >= 4 is 18.2 Å². The van der Waals surface area contributed by atoms with E-state index in [-0.39, 0.29) is 24.4 Å². The van der Waals surface area contributed by atoms with Crippen molar-refractivity contribution in [2.45, 2.75) is 18.6 Å². The Kier molecular flexibility index (Phi) is 5.25. The van der Waals surface area contributed by atoms with Crippen molar-refractivity contribution < 1.29 is 31.9 Å². The molecule has 11 heteroatoms. The molecular weight excluding hydrogens is 420 g/mol. The largest absolute Gasteiger partial charge is 0.487 e. The van der Waals surface area contributed by atoms with E-state index in [4.69, 9.17) is 10.5 Å². The Labute approximate surface area is 173 Å². The van der Waals surface area contributed by atoms with E-state index in [0.717, 1.165) is 35.3 Å². The lowest BCUT2D eigenvalue weighted by Gasteiger charge is -2.41. The number of carbonyl (C=O) groups excluding carboxylic acids is 2. The highest BCUT2D eigenvalue weighted by molar-refractivity contribution is 5.93. The average Bonchev–Trinajstić information content (AvgIpc) is 3.12. The molecule has 0 radical (unpaired) electrons. The number of primary amides is 1. The quantitative estimate of drug-likeness (QED) is 0.748. The van der Waals surface area contributed by atoms with Gasteiger partial charge in [0.25, 0.3) is 5.91 Å². The number of hydrogen-bond acceptors (Lipinski definition) is 4. The second kappa shape index (κ2) is 7.89. The van der Waals surface area contributed by atoms with Crippen molar-refractivity contribution in [1.82, 2.24) is 9.91 Å². The number of likely N-dealkylation sites (tertiary alicyclic amines) is 1. The van der Waals surface area contributed by atoms with E-state index in [1.54, 1.807) is 0 Å². The lowest BCUT2D eigenvalue weighted by molar-refractivity contribution is 0.0273. The van der Waals surface area contributed by atoms with Crippen LogP contribution in [0.15, 0.2) is 35.4 Å². The number of urea groups is 1. The van der Waals surface area contributed by atoms with Crippen molar-refractivity contribution in [3.63, 3.8) is 0 Å². The Balaban J connectivity index is 1.39. The van der Waals surface area contributed by atoms with Gasteiger partial charge in [-0.15, -0.1) is 0 Å².